The van der Waals surface area contributed by atoms with E-state index in [1.54, 1.807) is 7.11 Å². The van der Waals surface area contributed by atoms with E-state index in [0.717, 1.165) is 5.75 Å². The van der Waals surface area contributed by atoms with Crippen LogP contribution in [0.3, 0.4) is 0 Å². The highest BCUT2D eigenvalue weighted by molar-refractivity contribution is 7.79. The third-order valence-corrected chi connectivity index (χ3v) is 6.08. The molecule has 110 valence electrons. The fourth-order valence-electron chi connectivity index (χ4n) is 2.45. The van der Waals surface area contributed by atoms with Gasteiger partial charge in [-0.3, -0.25) is 0 Å². The van der Waals surface area contributed by atoms with E-state index >= 15 is 0 Å². The summed E-state index contributed by atoms with van der Waals surface area (Å²) in [6.45, 7) is 2.13. The van der Waals surface area contributed by atoms with E-state index in [1.807, 2.05) is 12.1 Å². The van der Waals surface area contributed by atoms with Crippen molar-refractivity contribution in [1.82, 2.24) is 0 Å². The summed E-state index contributed by atoms with van der Waals surface area (Å²) in [5.74, 6) is 0.899. The number of aryl methyl sites for hydroxylation is 1. The monoisotopic (exact) mass is 306 g/mol. The summed E-state index contributed by atoms with van der Waals surface area (Å²) in [4.78, 5) is 0. The molecule has 0 N–H and O–H groups in total. The highest BCUT2D eigenvalue weighted by Gasteiger charge is 2.16. The van der Waals surface area contributed by atoms with Gasteiger partial charge in [0.1, 0.15) is 5.75 Å². The maximum Gasteiger partial charge on any atom is 0.118 e. The Morgan fingerprint density at radius 1 is 0.636 bits per heavy atom. The minimum absolute atomic E-state index is 0.531. The molecule has 0 radical (unpaired) electrons. The Bertz CT molecular complexity index is 718. The Morgan fingerprint density at radius 2 is 1.14 bits per heavy atom. The van der Waals surface area contributed by atoms with Crippen molar-refractivity contribution >= 4 is 23.8 Å². The van der Waals surface area contributed by atoms with E-state index < -0.39 is 7.92 Å². The zero-order valence-electron chi connectivity index (χ0n) is 12.9. The van der Waals surface area contributed by atoms with Crippen LogP contribution in [0.2, 0.25) is 0 Å². The van der Waals surface area contributed by atoms with Crippen molar-refractivity contribution in [3.63, 3.8) is 0 Å². The number of hydrogen-bond donors (Lipinski definition) is 0. The first-order valence-electron chi connectivity index (χ1n) is 7.34. The molecule has 0 bridgehead atoms. The maximum absolute atomic E-state index is 5.28. The fraction of sp³-hybridized carbons (Fsp3) is 0.100. The molecule has 3 aromatic rings. The molecule has 0 aromatic heterocycles. The second-order valence-electron chi connectivity index (χ2n) is 5.20. The molecule has 1 atom stereocenters. The van der Waals surface area contributed by atoms with Crippen LogP contribution >= 0.6 is 7.92 Å². The normalized spacial score (nSPS) is 11.9. The Hall–Kier alpha value is -2.11. The largest absolute Gasteiger partial charge is 0.497 e. The smallest absolute Gasteiger partial charge is 0.118 e. The molecule has 0 saturated heterocycles. The molecule has 0 fully saturated rings. The molecule has 22 heavy (non-hydrogen) atoms. The standard InChI is InChI=1S/C20H19OP/c1-16-8-12-19(13-9-16)22(18-6-4-3-5-7-18)20-14-10-17(21-2)11-15-20/h3-15H,1-2H3. The third-order valence-electron chi connectivity index (χ3n) is 3.64. The van der Waals surface area contributed by atoms with Gasteiger partial charge in [-0.05, 0) is 42.9 Å². The second kappa shape index (κ2) is 6.77. The summed E-state index contributed by atoms with van der Waals surface area (Å²) in [6, 6.07) is 28.1. The summed E-state index contributed by atoms with van der Waals surface area (Å²) < 4.78 is 5.28. The Morgan fingerprint density at radius 3 is 1.68 bits per heavy atom. The van der Waals surface area contributed by atoms with Gasteiger partial charge in [0, 0.05) is 0 Å². The van der Waals surface area contributed by atoms with Gasteiger partial charge in [0.15, 0.2) is 0 Å². The molecule has 0 aliphatic carbocycles. The molecule has 0 aliphatic rings. The molecule has 0 aliphatic heterocycles. The fourth-order valence-corrected chi connectivity index (χ4v) is 4.71. The topological polar surface area (TPSA) is 9.23 Å². The molecular formula is C20H19OP. The predicted molar refractivity (Wildman–Crippen MR) is 96.4 cm³/mol. The van der Waals surface area contributed by atoms with Crippen LogP contribution in [0.1, 0.15) is 5.56 Å². The Kier molecular flexibility index (Phi) is 4.56. The summed E-state index contributed by atoms with van der Waals surface area (Å²) in [6.07, 6.45) is 0. The van der Waals surface area contributed by atoms with Crippen molar-refractivity contribution in [2.75, 3.05) is 7.11 Å². The minimum atomic E-state index is -0.531. The molecule has 1 nitrogen and oxygen atoms in total. The van der Waals surface area contributed by atoms with Crippen LogP contribution in [-0.4, -0.2) is 7.11 Å². The van der Waals surface area contributed by atoms with Crippen LogP contribution in [0.5, 0.6) is 5.75 Å². The predicted octanol–water partition coefficient (Wildman–Crippen LogP) is 3.76. The van der Waals surface area contributed by atoms with Crippen LogP contribution in [0.4, 0.5) is 0 Å². The van der Waals surface area contributed by atoms with E-state index in [1.165, 1.54) is 21.5 Å². The van der Waals surface area contributed by atoms with Crippen LogP contribution < -0.4 is 20.7 Å². The maximum atomic E-state index is 5.28. The highest BCUT2D eigenvalue weighted by Crippen LogP contribution is 2.33. The summed E-state index contributed by atoms with van der Waals surface area (Å²) in [7, 11) is 1.17. The summed E-state index contributed by atoms with van der Waals surface area (Å²) in [5, 5.41) is 4.08. The lowest BCUT2D eigenvalue weighted by Crippen LogP contribution is -2.20. The average Bonchev–Trinajstić information content (AvgIpc) is 2.58. The van der Waals surface area contributed by atoms with Crippen molar-refractivity contribution in [2.45, 2.75) is 6.92 Å². The van der Waals surface area contributed by atoms with Gasteiger partial charge >= 0.3 is 0 Å². The first-order valence-corrected chi connectivity index (χ1v) is 8.68. The summed E-state index contributed by atoms with van der Waals surface area (Å²) >= 11 is 0. The quantitative estimate of drug-likeness (QED) is 0.667. The minimum Gasteiger partial charge on any atom is -0.497 e. The van der Waals surface area contributed by atoms with E-state index in [4.69, 9.17) is 4.74 Å². The number of hydrogen-bond acceptors (Lipinski definition) is 1. The molecule has 1 unspecified atom stereocenters. The number of rotatable bonds is 4. The molecule has 3 aromatic carbocycles. The molecular weight excluding hydrogens is 287 g/mol. The zero-order chi connectivity index (χ0) is 15.4. The van der Waals surface area contributed by atoms with Gasteiger partial charge in [0.25, 0.3) is 0 Å². The lowest BCUT2D eigenvalue weighted by molar-refractivity contribution is 0.415. The van der Waals surface area contributed by atoms with Gasteiger partial charge in [-0.25, -0.2) is 0 Å². The lowest BCUT2D eigenvalue weighted by Gasteiger charge is -2.19. The van der Waals surface area contributed by atoms with Gasteiger partial charge in [-0.15, -0.1) is 0 Å². The van der Waals surface area contributed by atoms with Crippen LogP contribution in [-0.2, 0) is 0 Å². The Balaban J connectivity index is 2.07. The van der Waals surface area contributed by atoms with Crippen LogP contribution in [0.15, 0.2) is 78.9 Å². The molecule has 3 rings (SSSR count). The molecule has 0 saturated carbocycles. The molecule has 0 amide bonds. The van der Waals surface area contributed by atoms with E-state index in [9.17, 15) is 0 Å². The van der Waals surface area contributed by atoms with Gasteiger partial charge in [0.2, 0.25) is 0 Å². The van der Waals surface area contributed by atoms with E-state index in [-0.39, 0.29) is 0 Å². The molecule has 2 heteroatoms. The first kappa shape index (κ1) is 14.8. The lowest BCUT2D eigenvalue weighted by atomic mass is 10.2. The van der Waals surface area contributed by atoms with E-state index in [2.05, 4.69) is 73.7 Å². The zero-order valence-corrected chi connectivity index (χ0v) is 13.8. The average molecular weight is 306 g/mol. The third kappa shape index (κ3) is 3.21. The van der Waals surface area contributed by atoms with E-state index in [0.29, 0.717) is 0 Å². The second-order valence-corrected chi connectivity index (χ2v) is 7.42. The van der Waals surface area contributed by atoms with Crippen molar-refractivity contribution in [3.05, 3.63) is 84.4 Å². The first-order chi connectivity index (χ1) is 10.8. The van der Waals surface area contributed by atoms with Gasteiger partial charge in [-0.1, -0.05) is 72.3 Å². The number of ether oxygens (including phenoxy) is 1. The highest BCUT2D eigenvalue weighted by atomic mass is 31.1. The van der Waals surface area contributed by atoms with Gasteiger partial charge in [0.05, 0.1) is 7.11 Å². The number of methoxy groups -OCH3 is 1. The summed E-state index contributed by atoms with van der Waals surface area (Å²) in [5.41, 5.74) is 1.29. The van der Waals surface area contributed by atoms with Crippen LogP contribution in [0.25, 0.3) is 0 Å². The van der Waals surface area contributed by atoms with Gasteiger partial charge < -0.3 is 4.74 Å². The van der Waals surface area contributed by atoms with Crippen molar-refractivity contribution in [3.8, 4) is 5.75 Å². The molecule has 0 spiro atoms. The number of benzene rings is 3. The van der Waals surface area contributed by atoms with Crippen molar-refractivity contribution in [2.24, 2.45) is 0 Å². The van der Waals surface area contributed by atoms with Crippen LogP contribution in [0, 0.1) is 6.92 Å². The Labute approximate surface area is 133 Å². The van der Waals surface area contributed by atoms with Crippen molar-refractivity contribution < 1.29 is 4.74 Å². The SMILES string of the molecule is COc1ccc(P(c2ccccc2)c2ccc(C)cc2)cc1. The van der Waals surface area contributed by atoms with Gasteiger partial charge in [-0.2, -0.15) is 0 Å². The van der Waals surface area contributed by atoms with Crippen molar-refractivity contribution in [1.29, 1.82) is 0 Å². The molecule has 0 heterocycles.